The first-order valence-corrected chi connectivity index (χ1v) is 3.90. The molecule has 0 amide bonds. The van der Waals surface area contributed by atoms with Crippen molar-refractivity contribution in [3.63, 3.8) is 0 Å². The van der Waals surface area contributed by atoms with Gasteiger partial charge in [-0.1, -0.05) is 19.9 Å². The van der Waals surface area contributed by atoms with E-state index in [9.17, 15) is 0 Å². The Labute approximate surface area is 116 Å². The van der Waals surface area contributed by atoms with Crippen LogP contribution in [0, 0.1) is 13.8 Å². The molecule has 0 unspecified atom stereocenters. The summed E-state index contributed by atoms with van der Waals surface area (Å²) >= 11 is 0. The molecular formula is C11H13Cl2Zr-. The van der Waals surface area contributed by atoms with Crippen LogP contribution in [0.3, 0.4) is 0 Å². The van der Waals surface area contributed by atoms with Crippen molar-refractivity contribution in [3.8, 4) is 0 Å². The smallest absolute Gasteiger partial charge is 0 e. The summed E-state index contributed by atoms with van der Waals surface area (Å²) in [7, 11) is 0. The van der Waals surface area contributed by atoms with Crippen LogP contribution in [0.25, 0.3) is 10.8 Å². The van der Waals surface area contributed by atoms with Gasteiger partial charge in [-0.2, -0.15) is 12.1 Å². The second-order valence-corrected chi connectivity index (χ2v) is 3.06. The average Bonchev–Trinajstić information content (AvgIpc) is 2.34. The molecule has 0 bridgehead atoms. The van der Waals surface area contributed by atoms with E-state index in [2.05, 4.69) is 44.2 Å². The summed E-state index contributed by atoms with van der Waals surface area (Å²) < 4.78 is 0. The first-order valence-electron chi connectivity index (χ1n) is 3.90. The second-order valence-electron chi connectivity index (χ2n) is 3.06. The van der Waals surface area contributed by atoms with E-state index in [4.69, 9.17) is 0 Å². The van der Waals surface area contributed by atoms with E-state index < -0.39 is 0 Å². The van der Waals surface area contributed by atoms with Crippen molar-refractivity contribution < 1.29 is 26.2 Å². The Morgan fingerprint density at radius 1 is 1.07 bits per heavy atom. The maximum absolute atomic E-state index is 2.18. The summed E-state index contributed by atoms with van der Waals surface area (Å²) in [5.41, 5.74) is 2.77. The number of hydrogen-bond donors (Lipinski definition) is 0. The van der Waals surface area contributed by atoms with Crippen molar-refractivity contribution in [2.45, 2.75) is 13.8 Å². The SMILES string of the molecule is Cc1cccc2cc[c-](C)c12.Cl.Cl.[Zr]. The molecule has 0 atom stereocenters. The average molecular weight is 307 g/mol. The molecule has 0 saturated heterocycles. The predicted octanol–water partition coefficient (Wildman–Crippen LogP) is 4.02. The van der Waals surface area contributed by atoms with Crippen LogP contribution in [-0.4, -0.2) is 0 Å². The van der Waals surface area contributed by atoms with Gasteiger partial charge in [-0.25, -0.2) is 0 Å². The van der Waals surface area contributed by atoms with Gasteiger partial charge in [0.1, 0.15) is 0 Å². The fraction of sp³-hybridized carbons (Fsp3) is 0.182. The van der Waals surface area contributed by atoms with E-state index in [0.29, 0.717) is 0 Å². The number of benzene rings is 1. The molecule has 0 aromatic heterocycles. The van der Waals surface area contributed by atoms with Crippen LogP contribution in [0.1, 0.15) is 11.1 Å². The van der Waals surface area contributed by atoms with Gasteiger partial charge in [0.25, 0.3) is 0 Å². The van der Waals surface area contributed by atoms with Gasteiger partial charge < -0.3 is 0 Å². The van der Waals surface area contributed by atoms with E-state index in [1.54, 1.807) is 0 Å². The van der Waals surface area contributed by atoms with Gasteiger partial charge in [0, 0.05) is 26.2 Å². The molecule has 0 saturated carbocycles. The van der Waals surface area contributed by atoms with E-state index >= 15 is 0 Å². The molecule has 0 spiro atoms. The molecule has 0 nitrogen and oxygen atoms in total. The first kappa shape index (κ1) is 16.7. The second kappa shape index (κ2) is 6.72. The number of halogens is 2. The zero-order valence-electron chi connectivity index (χ0n) is 8.20. The van der Waals surface area contributed by atoms with Gasteiger partial charge in [0.15, 0.2) is 0 Å². The zero-order valence-corrected chi connectivity index (χ0v) is 12.3. The number of aryl methyl sites for hydroxylation is 2. The molecule has 2 aromatic rings. The Balaban J connectivity index is 0. The van der Waals surface area contributed by atoms with E-state index in [1.165, 1.54) is 21.9 Å². The maximum atomic E-state index is 2.18. The molecule has 2 rings (SSSR count). The number of hydrogen-bond acceptors (Lipinski definition) is 0. The minimum atomic E-state index is 0. The Bertz CT molecular complexity index is 393. The zero-order chi connectivity index (χ0) is 7.84. The third-order valence-corrected chi connectivity index (χ3v) is 2.21. The molecule has 76 valence electrons. The Hall–Kier alpha value is 0.293. The predicted molar refractivity (Wildman–Crippen MR) is 63.5 cm³/mol. The minimum Gasteiger partial charge on any atom is -0.168 e. The molecule has 0 aliphatic rings. The molecule has 2 aromatic carbocycles. The molecule has 3 heteroatoms. The van der Waals surface area contributed by atoms with Crippen molar-refractivity contribution in [2.75, 3.05) is 0 Å². The fourth-order valence-electron chi connectivity index (χ4n) is 1.67. The molecule has 14 heavy (non-hydrogen) atoms. The third kappa shape index (κ3) is 2.89. The molecule has 0 aliphatic heterocycles. The van der Waals surface area contributed by atoms with E-state index in [0.717, 1.165) is 0 Å². The van der Waals surface area contributed by atoms with Crippen LogP contribution >= 0.6 is 24.8 Å². The minimum absolute atomic E-state index is 0. The summed E-state index contributed by atoms with van der Waals surface area (Å²) in [6.45, 7) is 4.32. The van der Waals surface area contributed by atoms with E-state index in [1.807, 2.05) is 0 Å². The normalized spacial score (nSPS) is 8.43. The molecule has 0 N–H and O–H groups in total. The van der Waals surface area contributed by atoms with E-state index in [-0.39, 0.29) is 51.0 Å². The Morgan fingerprint density at radius 2 is 1.71 bits per heavy atom. The van der Waals surface area contributed by atoms with Gasteiger partial charge in [0.2, 0.25) is 0 Å². The van der Waals surface area contributed by atoms with Crippen molar-refractivity contribution in [3.05, 3.63) is 41.5 Å². The number of rotatable bonds is 0. The quantitative estimate of drug-likeness (QED) is 0.645. The first-order chi connectivity index (χ1) is 5.29. The van der Waals surface area contributed by atoms with Gasteiger partial charge in [0.05, 0.1) is 0 Å². The van der Waals surface area contributed by atoms with Crippen molar-refractivity contribution >= 4 is 35.6 Å². The molecule has 0 aliphatic carbocycles. The Morgan fingerprint density at radius 3 is 2.29 bits per heavy atom. The van der Waals surface area contributed by atoms with Crippen LogP contribution in [0.5, 0.6) is 0 Å². The van der Waals surface area contributed by atoms with Crippen LogP contribution < -0.4 is 0 Å². The van der Waals surface area contributed by atoms with Crippen LogP contribution in [-0.2, 0) is 26.2 Å². The summed E-state index contributed by atoms with van der Waals surface area (Å²) in [6, 6.07) is 10.8. The standard InChI is InChI=1S/C11H11.2ClH.Zr/c1-8-4-3-5-10-7-6-9(2)11(8)10;;;/h3-7H,1-2H3;2*1H;/q-1;;;. The summed E-state index contributed by atoms with van der Waals surface area (Å²) in [5, 5.41) is 2.79. The summed E-state index contributed by atoms with van der Waals surface area (Å²) in [4.78, 5) is 0. The fourth-order valence-corrected chi connectivity index (χ4v) is 1.67. The van der Waals surface area contributed by atoms with Crippen LogP contribution in [0.15, 0.2) is 30.3 Å². The topological polar surface area (TPSA) is 0 Å². The monoisotopic (exact) mass is 305 g/mol. The van der Waals surface area contributed by atoms with Gasteiger partial charge in [-0.15, -0.1) is 58.8 Å². The molecule has 0 fully saturated rings. The molecule has 0 heterocycles. The van der Waals surface area contributed by atoms with Crippen LogP contribution in [0.4, 0.5) is 0 Å². The van der Waals surface area contributed by atoms with Gasteiger partial charge in [-0.3, -0.25) is 0 Å². The summed E-state index contributed by atoms with van der Waals surface area (Å²) in [5.74, 6) is 0. The Kier molecular flexibility index (Phi) is 8.02. The third-order valence-electron chi connectivity index (χ3n) is 2.21. The van der Waals surface area contributed by atoms with Crippen molar-refractivity contribution in [1.29, 1.82) is 0 Å². The molecule has 0 radical (unpaired) electrons. The van der Waals surface area contributed by atoms with Crippen molar-refractivity contribution in [1.82, 2.24) is 0 Å². The van der Waals surface area contributed by atoms with Gasteiger partial charge >= 0.3 is 0 Å². The summed E-state index contributed by atoms with van der Waals surface area (Å²) in [6.07, 6.45) is 0. The van der Waals surface area contributed by atoms with Gasteiger partial charge in [-0.05, 0) is 0 Å². The largest absolute Gasteiger partial charge is 0.168 e. The van der Waals surface area contributed by atoms with Crippen molar-refractivity contribution in [2.24, 2.45) is 0 Å². The number of fused-ring (bicyclic) bond motifs is 1. The van der Waals surface area contributed by atoms with Crippen LogP contribution in [0.2, 0.25) is 0 Å². The molecular weight excluding hydrogens is 294 g/mol. The maximum Gasteiger partial charge on any atom is 0 e.